The normalized spacial score (nSPS) is 11.4. The molecule has 0 amide bonds. The number of nitrogens with zero attached hydrogens (tertiary/aromatic N) is 1. The predicted octanol–water partition coefficient (Wildman–Crippen LogP) is 2.10. The molecule has 3 nitrogen and oxygen atoms in total. The lowest BCUT2D eigenvalue weighted by molar-refractivity contribution is 0.0215. The van der Waals surface area contributed by atoms with E-state index in [2.05, 4.69) is 4.98 Å². The van der Waals surface area contributed by atoms with Gasteiger partial charge in [0.1, 0.15) is 17.0 Å². The highest BCUT2D eigenvalue weighted by molar-refractivity contribution is 5.31. The zero-order valence-electron chi connectivity index (χ0n) is 8.95. The van der Waals surface area contributed by atoms with Gasteiger partial charge in [-0.15, -0.1) is 0 Å². The number of aromatic nitrogens is 1. The largest absolute Gasteiger partial charge is 0.495 e. The van der Waals surface area contributed by atoms with Gasteiger partial charge in [-0.3, -0.25) is 4.98 Å². The van der Waals surface area contributed by atoms with Crippen molar-refractivity contribution in [1.82, 2.24) is 4.98 Å². The Morgan fingerprint density at radius 3 is 2.57 bits per heavy atom. The summed E-state index contributed by atoms with van der Waals surface area (Å²) in [6.45, 7) is 3.88. The van der Waals surface area contributed by atoms with Crippen LogP contribution in [0.15, 0.2) is 18.3 Å². The summed E-state index contributed by atoms with van der Waals surface area (Å²) in [5.41, 5.74) is -0.237. The number of methoxy groups -OCH3 is 1. The van der Waals surface area contributed by atoms with Gasteiger partial charge in [-0.2, -0.15) is 0 Å². The molecule has 3 heteroatoms. The predicted molar refractivity (Wildman–Crippen MR) is 55.3 cm³/mol. The van der Waals surface area contributed by atoms with Crippen molar-refractivity contribution >= 4 is 0 Å². The van der Waals surface area contributed by atoms with Gasteiger partial charge in [0, 0.05) is 6.20 Å². The standard InChI is InChI=1S/C11H17NO2/c1-4-11(13,5-2)10-9(14-3)7-6-8-12-10/h6-8,13H,4-5H2,1-3H3. The van der Waals surface area contributed by atoms with Gasteiger partial charge in [-0.05, 0) is 25.0 Å². The summed E-state index contributed by atoms with van der Waals surface area (Å²) >= 11 is 0. The first kappa shape index (κ1) is 11.0. The van der Waals surface area contributed by atoms with Crippen molar-refractivity contribution in [3.63, 3.8) is 0 Å². The van der Waals surface area contributed by atoms with Crippen molar-refractivity contribution in [1.29, 1.82) is 0 Å². The van der Waals surface area contributed by atoms with Gasteiger partial charge in [0.15, 0.2) is 0 Å². The third kappa shape index (κ3) is 1.87. The summed E-state index contributed by atoms with van der Waals surface area (Å²) < 4.78 is 5.17. The smallest absolute Gasteiger partial charge is 0.143 e. The van der Waals surface area contributed by atoms with Crippen molar-refractivity contribution < 1.29 is 9.84 Å². The molecule has 14 heavy (non-hydrogen) atoms. The van der Waals surface area contributed by atoms with E-state index in [0.717, 1.165) is 0 Å². The maximum absolute atomic E-state index is 10.3. The summed E-state index contributed by atoms with van der Waals surface area (Å²) in [6, 6.07) is 3.62. The molecular formula is C11H17NO2. The van der Waals surface area contributed by atoms with E-state index in [0.29, 0.717) is 24.3 Å². The SMILES string of the molecule is CCC(O)(CC)c1ncccc1OC. The van der Waals surface area contributed by atoms with Crippen molar-refractivity contribution in [3.05, 3.63) is 24.0 Å². The summed E-state index contributed by atoms with van der Waals surface area (Å²) in [4.78, 5) is 4.19. The first-order valence-electron chi connectivity index (χ1n) is 4.89. The fraction of sp³-hybridized carbons (Fsp3) is 0.545. The summed E-state index contributed by atoms with van der Waals surface area (Å²) in [7, 11) is 1.59. The van der Waals surface area contributed by atoms with E-state index in [-0.39, 0.29) is 0 Å². The highest BCUT2D eigenvalue weighted by Crippen LogP contribution is 2.32. The minimum Gasteiger partial charge on any atom is -0.495 e. The van der Waals surface area contributed by atoms with E-state index < -0.39 is 5.60 Å². The first-order chi connectivity index (χ1) is 6.68. The van der Waals surface area contributed by atoms with E-state index in [4.69, 9.17) is 4.74 Å². The molecular weight excluding hydrogens is 178 g/mol. The van der Waals surface area contributed by atoms with Gasteiger partial charge in [-0.1, -0.05) is 13.8 Å². The lowest BCUT2D eigenvalue weighted by atomic mass is 9.92. The average molecular weight is 195 g/mol. The van der Waals surface area contributed by atoms with Crippen molar-refractivity contribution in [3.8, 4) is 5.75 Å². The lowest BCUT2D eigenvalue weighted by Crippen LogP contribution is -2.25. The topological polar surface area (TPSA) is 42.4 Å². The lowest BCUT2D eigenvalue weighted by Gasteiger charge is -2.25. The van der Waals surface area contributed by atoms with Crippen LogP contribution in [0.5, 0.6) is 5.75 Å². The summed E-state index contributed by atoms with van der Waals surface area (Å²) in [5, 5.41) is 10.3. The molecule has 0 saturated carbocycles. The van der Waals surface area contributed by atoms with Crippen LogP contribution in [0, 0.1) is 0 Å². The van der Waals surface area contributed by atoms with Gasteiger partial charge >= 0.3 is 0 Å². The Labute approximate surface area is 84.7 Å². The summed E-state index contributed by atoms with van der Waals surface area (Å²) in [5.74, 6) is 0.652. The molecule has 1 aromatic rings. The Morgan fingerprint density at radius 1 is 1.43 bits per heavy atom. The van der Waals surface area contributed by atoms with Crippen LogP contribution >= 0.6 is 0 Å². The van der Waals surface area contributed by atoms with E-state index in [1.165, 1.54) is 0 Å². The Hall–Kier alpha value is -1.09. The molecule has 0 fully saturated rings. The van der Waals surface area contributed by atoms with Crippen molar-refractivity contribution in [2.24, 2.45) is 0 Å². The second-order valence-corrected chi connectivity index (χ2v) is 3.29. The van der Waals surface area contributed by atoms with Crippen molar-refractivity contribution in [2.75, 3.05) is 7.11 Å². The molecule has 0 radical (unpaired) electrons. The first-order valence-corrected chi connectivity index (χ1v) is 4.89. The third-order valence-electron chi connectivity index (χ3n) is 2.60. The minimum atomic E-state index is -0.868. The second-order valence-electron chi connectivity index (χ2n) is 3.29. The van der Waals surface area contributed by atoms with Crippen LogP contribution in [0.4, 0.5) is 0 Å². The zero-order chi connectivity index (χ0) is 10.6. The number of hydrogen-bond acceptors (Lipinski definition) is 3. The third-order valence-corrected chi connectivity index (χ3v) is 2.60. The molecule has 1 N–H and O–H groups in total. The minimum absolute atomic E-state index is 0.632. The van der Waals surface area contributed by atoms with Gasteiger partial charge < -0.3 is 9.84 Å². The Balaban J connectivity index is 3.15. The molecule has 0 aliphatic carbocycles. The maximum atomic E-state index is 10.3. The number of aliphatic hydroxyl groups is 1. The Morgan fingerprint density at radius 2 is 2.07 bits per heavy atom. The fourth-order valence-corrected chi connectivity index (χ4v) is 1.49. The molecule has 1 rings (SSSR count). The summed E-state index contributed by atoms with van der Waals surface area (Å²) in [6.07, 6.45) is 2.95. The van der Waals surface area contributed by atoms with Gasteiger partial charge in [0.2, 0.25) is 0 Å². The zero-order valence-corrected chi connectivity index (χ0v) is 8.95. The Kier molecular flexibility index (Phi) is 3.47. The van der Waals surface area contributed by atoms with Crippen LogP contribution in [0.3, 0.4) is 0 Å². The quantitative estimate of drug-likeness (QED) is 0.800. The molecule has 78 valence electrons. The van der Waals surface area contributed by atoms with E-state index in [9.17, 15) is 5.11 Å². The second kappa shape index (κ2) is 4.42. The van der Waals surface area contributed by atoms with E-state index >= 15 is 0 Å². The number of hydrogen-bond donors (Lipinski definition) is 1. The van der Waals surface area contributed by atoms with Gasteiger partial charge in [-0.25, -0.2) is 0 Å². The van der Waals surface area contributed by atoms with Gasteiger partial charge in [0.05, 0.1) is 7.11 Å². The fourth-order valence-electron chi connectivity index (χ4n) is 1.49. The van der Waals surface area contributed by atoms with E-state index in [1.54, 1.807) is 19.4 Å². The van der Waals surface area contributed by atoms with Gasteiger partial charge in [0.25, 0.3) is 0 Å². The monoisotopic (exact) mass is 195 g/mol. The maximum Gasteiger partial charge on any atom is 0.143 e. The van der Waals surface area contributed by atoms with Crippen molar-refractivity contribution in [2.45, 2.75) is 32.3 Å². The highest BCUT2D eigenvalue weighted by atomic mass is 16.5. The van der Waals surface area contributed by atoms with Crippen LogP contribution in [-0.4, -0.2) is 17.2 Å². The van der Waals surface area contributed by atoms with Crippen LogP contribution < -0.4 is 4.74 Å². The molecule has 0 atom stereocenters. The Bertz CT molecular complexity index is 295. The number of pyridine rings is 1. The molecule has 0 aliphatic rings. The molecule has 0 unspecified atom stereocenters. The molecule has 1 heterocycles. The van der Waals surface area contributed by atoms with Crippen LogP contribution in [-0.2, 0) is 5.60 Å². The van der Waals surface area contributed by atoms with Crippen LogP contribution in [0.1, 0.15) is 32.4 Å². The average Bonchev–Trinajstić information content (AvgIpc) is 2.28. The van der Waals surface area contributed by atoms with Crippen LogP contribution in [0.2, 0.25) is 0 Å². The molecule has 1 aromatic heterocycles. The molecule has 0 saturated heterocycles. The number of ether oxygens (including phenoxy) is 1. The molecule has 0 spiro atoms. The highest BCUT2D eigenvalue weighted by Gasteiger charge is 2.29. The molecule has 0 aliphatic heterocycles. The molecule has 0 aromatic carbocycles. The van der Waals surface area contributed by atoms with Crippen LogP contribution in [0.25, 0.3) is 0 Å². The van der Waals surface area contributed by atoms with E-state index in [1.807, 2.05) is 19.9 Å². The number of rotatable bonds is 4. The molecule has 0 bridgehead atoms.